The molecule has 1 heterocycles. The van der Waals surface area contributed by atoms with E-state index in [0.717, 1.165) is 12.1 Å². The zero-order valence-electron chi connectivity index (χ0n) is 14.9. The second-order valence-corrected chi connectivity index (χ2v) is 6.57. The Kier molecular flexibility index (Phi) is 5.79. The van der Waals surface area contributed by atoms with Gasteiger partial charge in [0.1, 0.15) is 5.82 Å². The van der Waals surface area contributed by atoms with E-state index in [1.807, 2.05) is 4.90 Å². The van der Waals surface area contributed by atoms with Gasteiger partial charge in [-0.2, -0.15) is 13.2 Å². The van der Waals surface area contributed by atoms with Crippen LogP contribution in [-0.4, -0.2) is 54.2 Å². The monoisotopic (exact) mass is 394 g/mol. The lowest BCUT2D eigenvalue weighted by molar-refractivity contribution is -0.137. The van der Waals surface area contributed by atoms with E-state index in [4.69, 9.17) is 0 Å². The van der Waals surface area contributed by atoms with Crippen LogP contribution in [0.2, 0.25) is 0 Å². The van der Waals surface area contributed by atoms with Gasteiger partial charge in [-0.3, -0.25) is 14.5 Å². The van der Waals surface area contributed by atoms with Gasteiger partial charge in [-0.25, -0.2) is 4.39 Å². The van der Waals surface area contributed by atoms with Crippen molar-refractivity contribution in [3.63, 3.8) is 0 Å². The number of carbonyl (C=O) groups excluding carboxylic acids is 2. The molecule has 1 aliphatic heterocycles. The summed E-state index contributed by atoms with van der Waals surface area (Å²) < 4.78 is 50.8. The fourth-order valence-electron chi connectivity index (χ4n) is 3.02. The average Bonchev–Trinajstić information content (AvgIpc) is 2.68. The first-order chi connectivity index (χ1) is 13.2. The number of piperazine rings is 1. The Bertz CT molecular complexity index is 840. The molecule has 1 amide bonds. The van der Waals surface area contributed by atoms with E-state index in [1.54, 1.807) is 4.90 Å². The van der Waals surface area contributed by atoms with Crippen LogP contribution in [0.15, 0.2) is 48.5 Å². The second-order valence-electron chi connectivity index (χ2n) is 6.57. The van der Waals surface area contributed by atoms with Gasteiger partial charge >= 0.3 is 6.18 Å². The van der Waals surface area contributed by atoms with Gasteiger partial charge in [0, 0.05) is 37.3 Å². The van der Waals surface area contributed by atoms with Crippen molar-refractivity contribution in [2.75, 3.05) is 32.7 Å². The van der Waals surface area contributed by atoms with Crippen molar-refractivity contribution in [3.05, 3.63) is 71.0 Å². The molecule has 1 saturated heterocycles. The maximum Gasteiger partial charge on any atom is 0.416 e. The number of alkyl halides is 3. The number of carbonyl (C=O) groups is 2. The standard InChI is InChI=1S/C20H18F4N2O2/c21-17-7-3-14(4-8-17)18(27)13-25-9-11-26(12-10-25)19(28)15-1-5-16(6-2-15)20(22,23)24/h1-8H,9-13H2. The van der Waals surface area contributed by atoms with Crippen molar-refractivity contribution in [3.8, 4) is 0 Å². The highest BCUT2D eigenvalue weighted by molar-refractivity contribution is 5.97. The summed E-state index contributed by atoms with van der Waals surface area (Å²) in [4.78, 5) is 28.2. The number of halogens is 4. The first kappa shape index (κ1) is 20.0. The predicted molar refractivity (Wildman–Crippen MR) is 94.5 cm³/mol. The Morgan fingerprint density at radius 1 is 0.821 bits per heavy atom. The zero-order valence-corrected chi connectivity index (χ0v) is 14.9. The number of rotatable bonds is 4. The van der Waals surface area contributed by atoms with E-state index >= 15 is 0 Å². The minimum absolute atomic E-state index is 0.137. The van der Waals surface area contributed by atoms with Crippen molar-refractivity contribution >= 4 is 11.7 Å². The fourth-order valence-corrected chi connectivity index (χ4v) is 3.02. The second kappa shape index (κ2) is 8.10. The van der Waals surface area contributed by atoms with Crippen LogP contribution < -0.4 is 0 Å². The Hall–Kier alpha value is -2.74. The molecule has 8 heteroatoms. The SMILES string of the molecule is O=C(CN1CCN(C(=O)c2ccc(C(F)(F)F)cc2)CC1)c1ccc(F)cc1. The van der Waals surface area contributed by atoms with Gasteiger partial charge < -0.3 is 4.90 Å². The van der Waals surface area contributed by atoms with Crippen molar-refractivity contribution in [1.29, 1.82) is 0 Å². The number of nitrogens with zero attached hydrogens (tertiary/aromatic N) is 2. The summed E-state index contributed by atoms with van der Waals surface area (Å²) in [6.45, 7) is 1.85. The number of amides is 1. The molecule has 3 rings (SSSR count). The van der Waals surface area contributed by atoms with Crippen molar-refractivity contribution in [2.45, 2.75) is 6.18 Å². The van der Waals surface area contributed by atoms with E-state index in [1.165, 1.54) is 36.4 Å². The van der Waals surface area contributed by atoms with Crippen LogP contribution in [0.25, 0.3) is 0 Å². The molecule has 0 saturated carbocycles. The molecule has 0 spiro atoms. The predicted octanol–water partition coefficient (Wildman–Crippen LogP) is 3.49. The molecule has 1 fully saturated rings. The smallest absolute Gasteiger partial charge is 0.336 e. The maximum atomic E-state index is 12.9. The molecule has 0 aliphatic carbocycles. The van der Waals surface area contributed by atoms with Gasteiger partial charge in [-0.15, -0.1) is 0 Å². The highest BCUT2D eigenvalue weighted by Crippen LogP contribution is 2.29. The van der Waals surface area contributed by atoms with Crippen LogP contribution in [0.3, 0.4) is 0 Å². The van der Waals surface area contributed by atoms with Gasteiger partial charge in [0.05, 0.1) is 12.1 Å². The minimum Gasteiger partial charge on any atom is -0.336 e. The third-order valence-corrected chi connectivity index (χ3v) is 4.65. The minimum atomic E-state index is -4.44. The molecule has 0 unspecified atom stereocenters. The van der Waals surface area contributed by atoms with Crippen molar-refractivity contribution < 1.29 is 27.2 Å². The first-order valence-electron chi connectivity index (χ1n) is 8.72. The molecule has 0 N–H and O–H groups in total. The number of hydrogen-bond acceptors (Lipinski definition) is 3. The van der Waals surface area contributed by atoms with E-state index in [9.17, 15) is 27.2 Å². The van der Waals surface area contributed by atoms with Gasteiger partial charge in [0.25, 0.3) is 5.91 Å². The quantitative estimate of drug-likeness (QED) is 0.589. The van der Waals surface area contributed by atoms with Crippen LogP contribution in [0.4, 0.5) is 17.6 Å². The molecule has 1 aliphatic rings. The number of ketones is 1. The van der Waals surface area contributed by atoms with Gasteiger partial charge in [-0.05, 0) is 48.5 Å². The van der Waals surface area contributed by atoms with E-state index in [2.05, 4.69) is 0 Å². The van der Waals surface area contributed by atoms with Crippen molar-refractivity contribution in [2.24, 2.45) is 0 Å². The molecule has 2 aromatic rings. The third kappa shape index (κ3) is 4.75. The number of hydrogen-bond donors (Lipinski definition) is 0. The van der Waals surface area contributed by atoms with Crippen LogP contribution in [0.1, 0.15) is 26.3 Å². The molecular formula is C20H18F4N2O2. The summed E-state index contributed by atoms with van der Waals surface area (Å²) in [5.74, 6) is -0.882. The highest BCUT2D eigenvalue weighted by atomic mass is 19.4. The Morgan fingerprint density at radius 3 is 1.89 bits per heavy atom. The Balaban J connectivity index is 1.54. The average molecular weight is 394 g/mol. The summed E-state index contributed by atoms with van der Waals surface area (Å²) in [5, 5.41) is 0. The molecule has 0 radical (unpaired) electrons. The molecule has 4 nitrogen and oxygen atoms in total. The number of benzene rings is 2. The van der Waals surface area contributed by atoms with E-state index < -0.39 is 17.6 Å². The molecular weight excluding hydrogens is 376 g/mol. The van der Waals surface area contributed by atoms with Gasteiger partial charge in [0.2, 0.25) is 0 Å². The molecule has 28 heavy (non-hydrogen) atoms. The zero-order chi connectivity index (χ0) is 20.3. The van der Waals surface area contributed by atoms with E-state index in [-0.39, 0.29) is 23.8 Å². The molecule has 2 aromatic carbocycles. The van der Waals surface area contributed by atoms with Crippen LogP contribution in [-0.2, 0) is 6.18 Å². The van der Waals surface area contributed by atoms with Gasteiger partial charge in [0.15, 0.2) is 5.78 Å². The highest BCUT2D eigenvalue weighted by Gasteiger charge is 2.30. The lowest BCUT2D eigenvalue weighted by Gasteiger charge is -2.34. The summed E-state index contributed by atoms with van der Waals surface area (Å²) in [5.41, 5.74) is -0.179. The Morgan fingerprint density at radius 2 is 1.36 bits per heavy atom. The van der Waals surface area contributed by atoms with Crippen LogP contribution in [0, 0.1) is 5.82 Å². The first-order valence-corrected chi connectivity index (χ1v) is 8.72. The fraction of sp³-hybridized carbons (Fsp3) is 0.300. The maximum absolute atomic E-state index is 12.9. The van der Waals surface area contributed by atoms with Crippen LogP contribution in [0.5, 0.6) is 0 Å². The number of Topliss-reactive ketones (excluding diaryl/α,β-unsaturated/α-hetero) is 1. The summed E-state index contributed by atoms with van der Waals surface area (Å²) in [6.07, 6.45) is -4.44. The lowest BCUT2D eigenvalue weighted by Crippen LogP contribution is -2.49. The summed E-state index contributed by atoms with van der Waals surface area (Å²) >= 11 is 0. The summed E-state index contributed by atoms with van der Waals surface area (Å²) in [7, 11) is 0. The normalized spacial score (nSPS) is 15.5. The topological polar surface area (TPSA) is 40.6 Å². The largest absolute Gasteiger partial charge is 0.416 e. The van der Waals surface area contributed by atoms with Crippen molar-refractivity contribution in [1.82, 2.24) is 9.80 Å². The Labute approximate surface area is 159 Å². The lowest BCUT2D eigenvalue weighted by atomic mass is 10.1. The van der Waals surface area contributed by atoms with Gasteiger partial charge in [-0.1, -0.05) is 0 Å². The summed E-state index contributed by atoms with van der Waals surface area (Å²) in [6, 6.07) is 9.47. The molecule has 148 valence electrons. The molecule has 0 atom stereocenters. The van der Waals surface area contributed by atoms with Crippen LogP contribution >= 0.6 is 0 Å². The third-order valence-electron chi connectivity index (χ3n) is 4.65. The van der Waals surface area contributed by atoms with E-state index in [0.29, 0.717) is 31.7 Å². The molecule has 0 bridgehead atoms. The molecule has 0 aromatic heterocycles.